The normalized spacial score (nSPS) is 30.3. The molecule has 1 N–H and O–H groups in total. The van der Waals surface area contributed by atoms with Crippen LogP contribution in [0.4, 0.5) is 0 Å². The summed E-state index contributed by atoms with van der Waals surface area (Å²) in [5, 5.41) is 10.4. The first-order valence-corrected chi connectivity index (χ1v) is 6.35. The van der Waals surface area contributed by atoms with Gasteiger partial charge in [0, 0.05) is 6.42 Å². The fourth-order valence-electron chi connectivity index (χ4n) is 2.52. The predicted molar refractivity (Wildman–Crippen MR) is 64.5 cm³/mol. The van der Waals surface area contributed by atoms with Crippen LogP contribution in [0.15, 0.2) is 24.3 Å². The molecular formula is C14H14O5. The molecule has 2 bridgehead atoms. The molecule has 19 heavy (non-hydrogen) atoms. The minimum Gasteiger partial charge on any atom is -0.452 e. The Bertz CT molecular complexity index is 521. The maximum atomic E-state index is 12.0. The Balaban J connectivity index is 2.03. The van der Waals surface area contributed by atoms with Gasteiger partial charge in [-0.25, -0.2) is 9.59 Å². The van der Waals surface area contributed by atoms with Crippen molar-refractivity contribution in [2.45, 2.75) is 37.6 Å². The van der Waals surface area contributed by atoms with Gasteiger partial charge in [0.25, 0.3) is 0 Å². The quantitative estimate of drug-likeness (QED) is 0.720. The Morgan fingerprint density at radius 1 is 1.05 bits per heavy atom. The third-order valence-corrected chi connectivity index (χ3v) is 3.63. The molecule has 3 aliphatic rings. The van der Waals surface area contributed by atoms with Crippen molar-refractivity contribution in [3.05, 3.63) is 35.4 Å². The molecule has 0 spiro atoms. The average molecular weight is 262 g/mol. The lowest BCUT2D eigenvalue weighted by atomic mass is 9.90. The minimum atomic E-state index is -1.71. The molecule has 4 rings (SSSR count). The van der Waals surface area contributed by atoms with Crippen LogP contribution in [0.5, 0.6) is 0 Å². The van der Waals surface area contributed by atoms with Crippen molar-refractivity contribution >= 4 is 11.9 Å². The zero-order valence-corrected chi connectivity index (χ0v) is 10.3. The third-order valence-electron chi connectivity index (χ3n) is 3.63. The first kappa shape index (κ1) is 12.2. The van der Waals surface area contributed by atoms with Gasteiger partial charge in [-0.2, -0.15) is 0 Å². The molecule has 2 aliphatic heterocycles. The lowest BCUT2D eigenvalue weighted by Gasteiger charge is -2.38. The number of hydrogen-bond donors (Lipinski definition) is 1. The first-order chi connectivity index (χ1) is 9.08. The van der Waals surface area contributed by atoms with Gasteiger partial charge >= 0.3 is 11.9 Å². The maximum absolute atomic E-state index is 12.0. The topological polar surface area (TPSA) is 72.8 Å². The van der Waals surface area contributed by atoms with E-state index in [9.17, 15) is 14.7 Å². The highest BCUT2D eigenvalue weighted by Crippen LogP contribution is 2.34. The van der Waals surface area contributed by atoms with Crippen molar-refractivity contribution in [3.63, 3.8) is 0 Å². The third kappa shape index (κ3) is 2.10. The Labute approximate surface area is 110 Å². The van der Waals surface area contributed by atoms with E-state index < -0.39 is 23.8 Å². The standard InChI is InChI=1S/C14H14O5/c15-12-9-4-6-10(7-5-9)13(16)19-14(17)8-2-1-3-11(14)18-12/h4-7,11,17H,1-3,8H2. The van der Waals surface area contributed by atoms with Crippen molar-refractivity contribution in [3.8, 4) is 0 Å². The molecule has 0 amide bonds. The SMILES string of the molecule is O=C1OC2CCCCC2(O)OC(=O)c2ccc1cc2. The minimum absolute atomic E-state index is 0.284. The first-order valence-electron chi connectivity index (χ1n) is 6.35. The molecule has 5 heteroatoms. The van der Waals surface area contributed by atoms with Crippen LogP contribution in [0.2, 0.25) is 0 Å². The van der Waals surface area contributed by atoms with E-state index in [4.69, 9.17) is 9.47 Å². The smallest absolute Gasteiger partial charge is 0.340 e. The van der Waals surface area contributed by atoms with Gasteiger partial charge in [0.05, 0.1) is 11.1 Å². The Hall–Kier alpha value is -1.88. The molecule has 5 nitrogen and oxygen atoms in total. The molecule has 0 saturated heterocycles. The molecule has 1 saturated carbocycles. The number of hydrogen-bond acceptors (Lipinski definition) is 5. The van der Waals surface area contributed by atoms with Gasteiger partial charge in [-0.3, -0.25) is 0 Å². The summed E-state index contributed by atoms with van der Waals surface area (Å²) < 4.78 is 10.5. The molecule has 1 aromatic rings. The van der Waals surface area contributed by atoms with Gasteiger partial charge in [0.2, 0.25) is 5.79 Å². The molecule has 1 aliphatic carbocycles. The Kier molecular flexibility index (Phi) is 2.78. The second-order valence-corrected chi connectivity index (χ2v) is 4.95. The molecule has 2 heterocycles. The van der Waals surface area contributed by atoms with E-state index >= 15 is 0 Å². The predicted octanol–water partition coefficient (Wildman–Crippen LogP) is 1.64. The molecule has 0 radical (unpaired) electrons. The monoisotopic (exact) mass is 262 g/mol. The summed E-state index contributed by atoms with van der Waals surface area (Å²) in [6.07, 6.45) is 1.54. The van der Waals surface area contributed by atoms with E-state index in [-0.39, 0.29) is 6.42 Å². The Morgan fingerprint density at radius 3 is 2.37 bits per heavy atom. The summed E-state index contributed by atoms with van der Waals surface area (Å²) >= 11 is 0. The fourth-order valence-corrected chi connectivity index (χ4v) is 2.52. The zero-order chi connectivity index (χ0) is 13.5. The van der Waals surface area contributed by atoms with Crippen LogP contribution in [-0.2, 0) is 9.47 Å². The number of carbonyl (C=O) groups is 2. The lowest BCUT2D eigenvalue weighted by Crippen LogP contribution is -2.50. The van der Waals surface area contributed by atoms with Crippen LogP contribution < -0.4 is 0 Å². The summed E-state index contributed by atoms with van der Waals surface area (Å²) in [6, 6.07) is 6.02. The number of esters is 2. The van der Waals surface area contributed by atoms with Gasteiger partial charge in [-0.1, -0.05) is 0 Å². The summed E-state index contributed by atoms with van der Waals surface area (Å²) in [6.45, 7) is 0. The van der Waals surface area contributed by atoms with Gasteiger partial charge in [-0.05, 0) is 43.5 Å². The molecule has 1 aromatic carbocycles. The van der Waals surface area contributed by atoms with Crippen LogP contribution in [0.3, 0.4) is 0 Å². The van der Waals surface area contributed by atoms with Crippen molar-refractivity contribution < 1.29 is 24.2 Å². The van der Waals surface area contributed by atoms with Crippen molar-refractivity contribution in [1.29, 1.82) is 0 Å². The van der Waals surface area contributed by atoms with Crippen LogP contribution in [0.25, 0.3) is 0 Å². The summed E-state index contributed by atoms with van der Waals surface area (Å²) in [5.41, 5.74) is 0.683. The molecule has 1 fully saturated rings. The highest BCUT2D eigenvalue weighted by molar-refractivity contribution is 5.94. The van der Waals surface area contributed by atoms with Crippen LogP contribution in [0, 0.1) is 0 Å². The van der Waals surface area contributed by atoms with E-state index in [2.05, 4.69) is 0 Å². The summed E-state index contributed by atoms with van der Waals surface area (Å²) in [7, 11) is 0. The number of rotatable bonds is 0. The van der Waals surface area contributed by atoms with E-state index in [0.29, 0.717) is 17.5 Å². The number of fused-ring (bicyclic) bond motifs is 4. The highest BCUT2D eigenvalue weighted by Gasteiger charge is 2.46. The number of ether oxygens (including phenoxy) is 2. The summed E-state index contributed by atoms with van der Waals surface area (Å²) in [4.78, 5) is 23.9. The lowest BCUT2D eigenvalue weighted by molar-refractivity contribution is -0.239. The fraction of sp³-hybridized carbons (Fsp3) is 0.429. The van der Waals surface area contributed by atoms with Gasteiger partial charge in [0.1, 0.15) is 0 Å². The molecule has 2 atom stereocenters. The molecule has 2 unspecified atom stereocenters. The van der Waals surface area contributed by atoms with Crippen LogP contribution in [-0.4, -0.2) is 28.9 Å². The largest absolute Gasteiger partial charge is 0.452 e. The van der Waals surface area contributed by atoms with Gasteiger partial charge in [-0.15, -0.1) is 0 Å². The second-order valence-electron chi connectivity index (χ2n) is 4.95. The highest BCUT2D eigenvalue weighted by atomic mass is 16.7. The molecular weight excluding hydrogens is 248 g/mol. The van der Waals surface area contributed by atoms with E-state index in [1.807, 2.05) is 0 Å². The van der Waals surface area contributed by atoms with Gasteiger partial charge in [0.15, 0.2) is 6.10 Å². The Morgan fingerprint density at radius 2 is 1.68 bits per heavy atom. The maximum Gasteiger partial charge on any atom is 0.340 e. The second kappa shape index (κ2) is 4.35. The van der Waals surface area contributed by atoms with Gasteiger partial charge < -0.3 is 14.6 Å². The number of aliphatic hydroxyl groups is 1. The van der Waals surface area contributed by atoms with Crippen molar-refractivity contribution in [2.24, 2.45) is 0 Å². The number of benzene rings is 1. The number of carbonyl (C=O) groups excluding carboxylic acids is 2. The zero-order valence-electron chi connectivity index (χ0n) is 10.3. The molecule has 100 valence electrons. The average Bonchev–Trinajstić information content (AvgIpc) is 2.41. The molecule has 0 aromatic heterocycles. The summed E-state index contributed by atoms with van der Waals surface area (Å²) in [5.74, 6) is -2.81. The van der Waals surface area contributed by atoms with Crippen LogP contribution >= 0.6 is 0 Å². The van der Waals surface area contributed by atoms with E-state index in [1.165, 1.54) is 24.3 Å². The van der Waals surface area contributed by atoms with Crippen molar-refractivity contribution in [1.82, 2.24) is 0 Å². The van der Waals surface area contributed by atoms with E-state index in [1.54, 1.807) is 0 Å². The van der Waals surface area contributed by atoms with Crippen LogP contribution in [0.1, 0.15) is 46.4 Å². The van der Waals surface area contributed by atoms with Crippen molar-refractivity contribution in [2.75, 3.05) is 0 Å². The van der Waals surface area contributed by atoms with E-state index in [0.717, 1.165) is 12.8 Å².